The number of aliphatic hydroxyl groups is 4. The molecule has 27 heteroatoms. The zero-order chi connectivity index (χ0) is 41.9. The van der Waals surface area contributed by atoms with Crippen LogP contribution in [0.3, 0.4) is 0 Å². The minimum atomic E-state index is -1.97. The number of aliphatic carboxylic acids is 2. The Morgan fingerprint density at radius 3 is 1.33 bits per heavy atom. The van der Waals surface area contributed by atoms with E-state index in [4.69, 9.17) is 41.2 Å². The largest absolute Gasteiger partial charge is 0.477 e. The summed E-state index contributed by atoms with van der Waals surface area (Å²) in [5.74, 6) is -7.50. The molecule has 0 unspecified atom stereocenters. The van der Waals surface area contributed by atoms with Crippen molar-refractivity contribution in [2.75, 3.05) is 27.3 Å². The van der Waals surface area contributed by atoms with Crippen LogP contribution in [0.25, 0.3) is 0 Å². The monoisotopic (exact) mass is 788 g/mol. The first kappa shape index (κ1) is 45.1. The maximum absolute atomic E-state index is 13.3. The van der Waals surface area contributed by atoms with Crippen LogP contribution in [-0.4, -0.2) is 184 Å². The number of guanidine groups is 2. The van der Waals surface area contributed by atoms with Crippen molar-refractivity contribution >= 4 is 55.4 Å². The number of carboxylic acid groups (broad SMARTS) is 2. The normalized spacial score (nSPS) is 23.8. The molecule has 2 aliphatic heterocycles. The molecule has 16 N–H and O–H groups in total. The van der Waals surface area contributed by atoms with E-state index in [2.05, 4.69) is 21.3 Å². The predicted molar refractivity (Wildman–Crippen MR) is 183 cm³/mol. The van der Waals surface area contributed by atoms with Crippen molar-refractivity contribution in [2.24, 2.45) is 11.5 Å². The maximum atomic E-state index is 13.3. The lowest BCUT2D eigenvalue weighted by Crippen LogP contribution is -2.65. The lowest BCUT2D eigenvalue weighted by atomic mass is 9.91. The minimum Gasteiger partial charge on any atom is -0.477 e. The Hall–Kier alpha value is -6.06. The molecule has 0 saturated carbocycles. The van der Waals surface area contributed by atoms with E-state index in [1.165, 1.54) is 0 Å². The van der Waals surface area contributed by atoms with Gasteiger partial charge in [-0.25, -0.2) is 19.2 Å². The first-order chi connectivity index (χ1) is 25.6. The third kappa shape index (κ3) is 12.5. The molecule has 0 bridgehead atoms. The van der Waals surface area contributed by atoms with Gasteiger partial charge in [-0.05, 0) is 12.2 Å². The van der Waals surface area contributed by atoms with Crippen molar-refractivity contribution < 1.29 is 78.4 Å². The Labute approximate surface area is 312 Å². The van der Waals surface area contributed by atoms with Crippen LogP contribution in [0.4, 0.5) is 9.59 Å². The molecule has 26 nitrogen and oxygen atoms in total. The second-order valence-corrected chi connectivity index (χ2v) is 12.2. The number of nitrogens with zero attached hydrogens (tertiary/aromatic N) is 2. The molecule has 0 aromatic heterocycles. The lowest BCUT2D eigenvalue weighted by molar-refractivity contribution is -0.147. The average molecular weight is 789 g/mol. The molecule has 0 radical (unpaired) electrons. The summed E-state index contributed by atoms with van der Waals surface area (Å²) in [5.41, 5.74) is 10.9. The van der Waals surface area contributed by atoms with Gasteiger partial charge in [0.1, 0.15) is 12.2 Å². The topological polar surface area (TPSA) is 415 Å². The van der Waals surface area contributed by atoms with Crippen LogP contribution >= 0.6 is 0 Å². The fourth-order valence-electron chi connectivity index (χ4n) is 5.47. The summed E-state index contributed by atoms with van der Waals surface area (Å²) < 4.78 is 21.7. The molecular formula is C28H45BN10O16. The highest BCUT2D eigenvalue weighted by Crippen LogP contribution is 2.27. The molecular weight excluding hydrogens is 743 g/mol. The summed E-state index contributed by atoms with van der Waals surface area (Å²) in [5, 5.41) is 85.1. The highest BCUT2D eigenvalue weighted by molar-refractivity contribution is 6.36. The number of nitrogens with one attached hydrogen (secondary N) is 6. The fraction of sp³-hybridized carbons (Fsp3) is 0.571. The molecule has 55 heavy (non-hydrogen) atoms. The summed E-state index contributed by atoms with van der Waals surface area (Å²) >= 11 is 0. The molecule has 0 fully saturated rings. The van der Waals surface area contributed by atoms with E-state index in [1.54, 1.807) is 0 Å². The minimum absolute atomic E-state index is 0.659. The first-order valence-corrected chi connectivity index (χ1v) is 16.0. The van der Waals surface area contributed by atoms with Gasteiger partial charge in [0.2, 0.25) is 23.3 Å². The van der Waals surface area contributed by atoms with Crippen LogP contribution in [0.1, 0.15) is 13.8 Å². The SMILES string of the molecule is CC(=O)N[C@H]1[C@H]([C@H](OC(=O)N(C)BN(C)C(=O)O[C@@H]([C@@H]2OC(C(=O)O)=C[C@H](NC(=N)N)[C@H]2NC(C)=O)[C@H](O)CO)[C@H](O)CO)OC(C(=O)O)=C[C@@H]1NC(=N)N. The molecule has 10 atom stereocenters. The van der Waals surface area contributed by atoms with Gasteiger partial charge in [0.05, 0.1) is 37.4 Å². The van der Waals surface area contributed by atoms with E-state index in [9.17, 15) is 59.4 Å². The highest BCUT2D eigenvalue weighted by atomic mass is 16.6. The predicted octanol–water partition coefficient (Wildman–Crippen LogP) is -6.72. The maximum Gasteiger partial charge on any atom is 0.399 e. The van der Waals surface area contributed by atoms with Crippen LogP contribution < -0.4 is 32.7 Å². The smallest absolute Gasteiger partial charge is 0.399 e. The van der Waals surface area contributed by atoms with Crippen LogP contribution in [0.5, 0.6) is 0 Å². The van der Waals surface area contributed by atoms with Crippen molar-refractivity contribution in [3.8, 4) is 0 Å². The van der Waals surface area contributed by atoms with Gasteiger partial charge in [0.15, 0.2) is 36.3 Å². The number of nitrogens with two attached hydrogens (primary N) is 2. The van der Waals surface area contributed by atoms with Gasteiger partial charge < -0.3 is 91.9 Å². The van der Waals surface area contributed by atoms with Crippen molar-refractivity contribution in [1.82, 2.24) is 30.9 Å². The van der Waals surface area contributed by atoms with Crippen LogP contribution in [-0.2, 0) is 38.1 Å². The highest BCUT2D eigenvalue weighted by Gasteiger charge is 2.48. The van der Waals surface area contributed by atoms with E-state index in [1.807, 2.05) is 0 Å². The van der Waals surface area contributed by atoms with Gasteiger partial charge in [0.25, 0.3) is 0 Å². The number of amides is 4. The third-order valence-corrected chi connectivity index (χ3v) is 7.78. The van der Waals surface area contributed by atoms with Crippen molar-refractivity contribution in [1.29, 1.82) is 10.8 Å². The Balaban J connectivity index is 2.37. The zero-order valence-corrected chi connectivity index (χ0v) is 29.9. The lowest BCUT2D eigenvalue weighted by Gasteiger charge is -2.42. The van der Waals surface area contributed by atoms with Crippen molar-refractivity contribution in [3.05, 3.63) is 23.7 Å². The average Bonchev–Trinajstić information content (AvgIpc) is 3.08. The molecule has 2 heterocycles. The number of ether oxygens (including phenoxy) is 4. The van der Waals surface area contributed by atoms with Gasteiger partial charge in [-0.2, -0.15) is 0 Å². The quantitative estimate of drug-likeness (QED) is 0.0392. The van der Waals surface area contributed by atoms with Crippen LogP contribution in [0.15, 0.2) is 23.7 Å². The summed E-state index contributed by atoms with van der Waals surface area (Å²) in [6.07, 6.45) is -12.0. The number of rotatable bonds is 16. The number of aliphatic hydroxyl groups excluding tert-OH is 4. The summed E-state index contributed by atoms with van der Waals surface area (Å²) in [6.45, 7) is 0.0168. The molecule has 0 aliphatic carbocycles. The standard InChI is InChI=1S/C28H45BN10O16/c1-9(42)34-17-11(36-25(30)31)5-15(23(46)47)52-21(17)19(13(44)7-40)54-27(50)38(3)29-39(4)28(51)55-20(14(45)8-41)22-18(35-10(2)43)12(37-26(32)33)6-16(53-22)24(48)49/h5-6,11-14,17-22,29,40-41,44-45H,7-8H2,1-4H3,(H,34,42)(H,35,43)(H,46,47)(H,48,49)(H4,30,31,36)(H4,32,33,37)/t11-,12-,13+,14+,17+,18+,19+,20+,21+,22+/m0/s1. The number of carboxylic acids is 2. The Morgan fingerprint density at radius 2 is 1.07 bits per heavy atom. The van der Waals surface area contributed by atoms with Gasteiger partial charge >= 0.3 is 31.7 Å². The van der Waals surface area contributed by atoms with Gasteiger partial charge in [-0.3, -0.25) is 20.4 Å². The molecule has 306 valence electrons. The van der Waals surface area contributed by atoms with E-state index < -0.39 is 141 Å². The van der Waals surface area contributed by atoms with Gasteiger partial charge in [0, 0.05) is 27.9 Å². The summed E-state index contributed by atoms with van der Waals surface area (Å²) in [6, 6.07) is -5.28. The zero-order valence-electron chi connectivity index (χ0n) is 29.9. The van der Waals surface area contributed by atoms with E-state index >= 15 is 0 Å². The number of carbonyl (C=O) groups excluding carboxylic acids is 4. The molecule has 2 aliphatic rings. The molecule has 0 spiro atoms. The van der Waals surface area contributed by atoms with Crippen molar-refractivity contribution in [3.63, 3.8) is 0 Å². The number of hydrogen-bond donors (Lipinski definition) is 14. The van der Waals surface area contributed by atoms with Crippen molar-refractivity contribution in [2.45, 2.75) is 74.6 Å². The number of carbonyl (C=O) groups is 6. The number of hydrogen-bond acceptors (Lipinski definition) is 16. The molecule has 4 amide bonds. The van der Waals surface area contributed by atoms with E-state index in [0.29, 0.717) is 0 Å². The van der Waals surface area contributed by atoms with E-state index in [-0.39, 0.29) is 0 Å². The molecule has 0 saturated heterocycles. The van der Waals surface area contributed by atoms with Gasteiger partial charge in [-0.1, -0.05) is 0 Å². The van der Waals surface area contributed by atoms with Crippen LogP contribution in [0, 0.1) is 10.8 Å². The molecule has 0 aromatic carbocycles. The summed E-state index contributed by atoms with van der Waals surface area (Å²) in [4.78, 5) is 76.0. The molecule has 0 aromatic rings. The Bertz CT molecular complexity index is 1440. The third-order valence-electron chi connectivity index (χ3n) is 7.78. The Morgan fingerprint density at radius 1 is 0.745 bits per heavy atom. The second kappa shape index (κ2) is 19.9. The van der Waals surface area contributed by atoms with Crippen LogP contribution in [0.2, 0.25) is 0 Å². The van der Waals surface area contributed by atoms with Gasteiger partial charge in [-0.15, -0.1) is 0 Å². The first-order valence-electron chi connectivity index (χ1n) is 16.0. The molecule has 2 rings (SSSR count). The Kier molecular flexibility index (Phi) is 16.3. The second-order valence-electron chi connectivity index (χ2n) is 12.2. The summed E-state index contributed by atoms with van der Waals surface area (Å²) in [7, 11) is 1.47. The van der Waals surface area contributed by atoms with E-state index in [0.717, 1.165) is 49.7 Å². The fourth-order valence-corrected chi connectivity index (χ4v) is 5.47.